The van der Waals surface area contributed by atoms with Crippen LogP contribution >= 0.6 is 0 Å². The minimum atomic E-state index is -4.07. The van der Waals surface area contributed by atoms with Crippen molar-refractivity contribution in [3.05, 3.63) is 0 Å². The van der Waals surface area contributed by atoms with Crippen LogP contribution in [-0.4, -0.2) is 40.4 Å². The third-order valence-corrected chi connectivity index (χ3v) is 5.66. The van der Waals surface area contributed by atoms with Gasteiger partial charge in [0.05, 0.1) is 11.4 Å². The largest absolute Gasteiger partial charge is 0.362 e. The van der Waals surface area contributed by atoms with Crippen LogP contribution in [0.3, 0.4) is 0 Å². The summed E-state index contributed by atoms with van der Waals surface area (Å²) >= 11 is 0. The van der Waals surface area contributed by atoms with E-state index < -0.39 is 37.6 Å². The molecule has 2 rings (SSSR count). The molecule has 0 heterocycles. The molecule has 2 fully saturated rings. The van der Waals surface area contributed by atoms with Gasteiger partial charge in [0, 0.05) is 12.2 Å². The predicted octanol–water partition coefficient (Wildman–Crippen LogP) is -0.0127. The van der Waals surface area contributed by atoms with E-state index in [1.165, 1.54) is 0 Å². The first-order chi connectivity index (χ1) is 9.00. The maximum absolute atomic E-state index is 11.7. The average Bonchev–Trinajstić information content (AvgIpc) is 3.10. The lowest BCUT2D eigenvalue weighted by Crippen LogP contribution is -2.36. The van der Waals surface area contributed by atoms with Crippen LogP contribution in [-0.2, 0) is 29.1 Å². The zero-order valence-corrected chi connectivity index (χ0v) is 13.1. The van der Waals surface area contributed by atoms with E-state index in [2.05, 4.69) is 0 Å². The van der Waals surface area contributed by atoms with Crippen LogP contribution in [0.25, 0.3) is 0 Å². The van der Waals surface area contributed by atoms with Gasteiger partial charge in [-0.3, -0.25) is 4.79 Å². The van der Waals surface area contributed by atoms with Crippen LogP contribution in [0.5, 0.6) is 0 Å². The van der Waals surface area contributed by atoms with Gasteiger partial charge in [-0.15, -0.1) is 0 Å². The van der Waals surface area contributed by atoms with Crippen LogP contribution in [0.1, 0.15) is 32.6 Å². The number of carbonyl (C=O) groups excluding carboxylic acids is 1. The molecule has 0 bridgehead atoms. The first-order valence-electron chi connectivity index (χ1n) is 6.45. The van der Waals surface area contributed by atoms with E-state index >= 15 is 0 Å². The van der Waals surface area contributed by atoms with Crippen molar-refractivity contribution in [2.75, 3.05) is 12.0 Å². The van der Waals surface area contributed by atoms with Gasteiger partial charge in [-0.2, -0.15) is 8.42 Å². The molecule has 1 amide bonds. The molecule has 0 aromatic carbocycles. The van der Waals surface area contributed by atoms with Crippen LogP contribution < -0.4 is 4.72 Å². The summed E-state index contributed by atoms with van der Waals surface area (Å²) in [5.41, 5.74) is -0.675. The van der Waals surface area contributed by atoms with Crippen molar-refractivity contribution < 1.29 is 25.8 Å². The average molecular weight is 325 g/mol. The van der Waals surface area contributed by atoms with Crippen molar-refractivity contribution in [2.45, 2.75) is 38.2 Å². The Balaban J connectivity index is 1.79. The second-order valence-electron chi connectivity index (χ2n) is 5.97. The molecule has 7 nitrogen and oxygen atoms in total. The summed E-state index contributed by atoms with van der Waals surface area (Å²) in [4.78, 5) is 11.7. The van der Waals surface area contributed by atoms with Crippen LogP contribution in [0.4, 0.5) is 0 Å². The Morgan fingerprint density at radius 3 is 2.40 bits per heavy atom. The number of hydrogen-bond acceptors (Lipinski definition) is 6. The number of carbonyl (C=O) groups is 1. The Morgan fingerprint density at radius 1 is 1.30 bits per heavy atom. The summed E-state index contributed by atoms with van der Waals surface area (Å²) in [5.74, 6) is -1.07. The second kappa shape index (κ2) is 4.96. The maximum atomic E-state index is 11.7. The van der Waals surface area contributed by atoms with Gasteiger partial charge < -0.3 is 0 Å². The van der Waals surface area contributed by atoms with Gasteiger partial charge >= 0.3 is 10.3 Å². The van der Waals surface area contributed by atoms with Crippen LogP contribution in [0.15, 0.2) is 0 Å². The number of nitrogens with one attached hydrogen (secondary N) is 1. The van der Waals surface area contributed by atoms with Crippen LogP contribution in [0.2, 0.25) is 0 Å². The molecule has 0 saturated heterocycles. The van der Waals surface area contributed by atoms with Gasteiger partial charge in [-0.1, -0.05) is 0 Å². The lowest BCUT2D eigenvalue weighted by Gasteiger charge is -2.11. The summed E-state index contributed by atoms with van der Waals surface area (Å²) in [5, 5.41) is 0. The zero-order valence-electron chi connectivity index (χ0n) is 11.5. The normalized spacial score (nSPS) is 27.9. The summed E-state index contributed by atoms with van der Waals surface area (Å²) < 4.78 is 52.0. The lowest BCUT2D eigenvalue weighted by atomic mass is 10.2. The van der Waals surface area contributed by atoms with Crippen molar-refractivity contribution >= 4 is 26.0 Å². The highest BCUT2D eigenvalue weighted by molar-refractivity contribution is 7.90. The first-order valence-corrected chi connectivity index (χ1v) is 9.92. The maximum Gasteiger partial charge on any atom is 0.362 e. The molecule has 0 spiro atoms. The third-order valence-electron chi connectivity index (χ3n) is 3.61. The number of rotatable bonds is 7. The van der Waals surface area contributed by atoms with Crippen molar-refractivity contribution in [2.24, 2.45) is 11.8 Å². The molecule has 9 heteroatoms. The summed E-state index contributed by atoms with van der Waals surface area (Å²) in [7, 11) is -7.12. The molecule has 0 aromatic heterocycles. The van der Waals surface area contributed by atoms with E-state index in [0.29, 0.717) is 25.7 Å². The molecule has 0 aromatic rings. The molecule has 20 heavy (non-hydrogen) atoms. The van der Waals surface area contributed by atoms with Gasteiger partial charge in [0.25, 0.3) is 0 Å². The van der Waals surface area contributed by atoms with Gasteiger partial charge in [-0.25, -0.2) is 17.3 Å². The third kappa shape index (κ3) is 4.71. The minimum absolute atomic E-state index is 0.0166. The number of hydrogen-bond donors (Lipinski definition) is 1. The molecule has 2 aliphatic carbocycles. The van der Waals surface area contributed by atoms with Crippen molar-refractivity contribution in [1.29, 1.82) is 0 Å². The Morgan fingerprint density at radius 2 is 1.90 bits per heavy atom. The Bertz CT molecular complexity index is 605. The van der Waals surface area contributed by atoms with E-state index in [4.69, 9.17) is 4.18 Å². The quantitative estimate of drug-likeness (QED) is 0.705. The molecule has 116 valence electrons. The fraction of sp³-hybridized carbons (Fsp3) is 0.909. The molecule has 0 aliphatic heterocycles. The number of sulfone groups is 1. The second-order valence-corrected chi connectivity index (χ2v) is 9.51. The van der Waals surface area contributed by atoms with E-state index in [9.17, 15) is 21.6 Å². The highest BCUT2D eigenvalue weighted by atomic mass is 32.2. The number of amides is 1. The molecule has 1 N–H and O–H groups in total. The monoisotopic (exact) mass is 325 g/mol. The molecule has 0 radical (unpaired) electrons. The zero-order chi connectivity index (χ0) is 15.2. The smallest absolute Gasteiger partial charge is 0.274 e. The van der Waals surface area contributed by atoms with Gasteiger partial charge in [0.2, 0.25) is 5.91 Å². The van der Waals surface area contributed by atoms with Crippen LogP contribution in [0, 0.1) is 11.8 Å². The fourth-order valence-corrected chi connectivity index (χ4v) is 3.86. The minimum Gasteiger partial charge on any atom is -0.274 e. The van der Waals surface area contributed by atoms with E-state index in [-0.39, 0.29) is 11.7 Å². The predicted molar refractivity (Wildman–Crippen MR) is 71.7 cm³/mol. The first kappa shape index (κ1) is 15.7. The van der Waals surface area contributed by atoms with E-state index in [1.807, 2.05) is 4.72 Å². The van der Waals surface area contributed by atoms with Gasteiger partial charge in [0.15, 0.2) is 0 Å². The molecule has 0 unspecified atom stereocenters. The van der Waals surface area contributed by atoms with Crippen molar-refractivity contribution in [1.82, 2.24) is 4.72 Å². The SMILES string of the molecule is CC1(OS(=O)(=O)NC(=O)[C@H]2C[C@H]2CCS(C)(=O)=O)CC1. The van der Waals surface area contributed by atoms with Gasteiger partial charge in [-0.05, 0) is 38.5 Å². The molecular weight excluding hydrogens is 306 g/mol. The van der Waals surface area contributed by atoms with E-state index in [0.717, 1.165) is 6.26 Å². The Hall–Kier alpha value is -0.670. The van der Waals surface area contributed by atoms with Gasteiger partial charge in [0.1, 0.15) is 9.84 Å². The summed E-state index contributed by atoms with van der Waals surface area (Å²) in [6.07, 6.45) is 3.35. The topological polar surface area (TPSA) is 107 Å². The summed E-state index contributed by atoms with van der Waals surface area (Å²) in [6.45, 7) is 1.67. The highest BCUT2D eigenvalue weighted by Gasteiger charge is 2.47. The standard InChI is InChI=1S/C11H19NO6S2/c1-11(4-5-11)18-20(16,17)12-10(13)9-7-8(9)3-6-19(2,14)15/h8-9H,3-7H2,1-2H3,(H,12,13)/t8-,9+/m1/s1. The molecule has 2 atom stereocenters. The summed E-state index contributed by atoms with van der Waals surface area (Å²) in [6, 6.07) is 0. The Kier molecular flexibility index (Phi) is 3.89. The molecular formula is C11H19NO6S2. The Labute approximate surface area is 119 Å². The van der Waals surface area contributed by atoms with Crippen molar-refractivity contribution in [3.63, 3.8) is 0 Å². The van der Waals surface area contributed by atoms with E-state index in [1.54, 1.807) is 6.92 Å². The lowest BCUT2D eigenvalue weighted by molar-refractivity contribution is -0.121. The molecule has 2 aliphatic rings. The highest BCUT2D eigenvalue weighted by Crippen LogP contribution is 2.42. The molecule has 2 saturated carbocycles. The van der Waals surface area contributed by atoms with Crippen molar-refractivity contribution in [3.8, 4) is 0 Å². The fourth-order valence-electron chi connectivity index (χ4n) is 2.00.